The van der Waals surface area contributed by atoms with Gasteiger partial charge < -0.3 is 4.74 Å². The van der Waals surface area contributed by atoms with Gasteiger partial charge in [-0.15, -0.1) is 0 Å². The fourth-order valence-electron chi connectivity index (χ4n) is 3.87. The van der Waals surface area contributed by atoms with Gasteiger partial charge in [-0.25, -0.2) is 9.69 Å². The SMILES string of the molecule is O=C(CC(c1ccccc1)c1ccccc1)N1C(=O)OCC1Cc1ccccc1. The van der Waals surface area contributed by atoms with Crippen LogP contribution >= 0.6 is 0 Å². The van der Waals surface area contributed by atoms with E-state index in [0.29, 0.717) is 6.42 Å². The Balaban J connectivity index is 1.57. The fourth-order valence-corrected chi connectivity index (χ4v) is 3.87. The molecule has 1 unspecified atom stereocenters. The molecule has 4 heteroatoms. The Labute approximate surface area is 170 Å². The van der Waals surface area contributed by atoms with Crippen LogP contribution < -0.4 is 0 Å². The Kier molecular flexibility index (Phi) is 5.71. The third kappa shape index (κ3) is 4.37. The van der Waals surface area contributed by atoms with E-state index in [-0.39, 0.29) is 30.9 Å². The zero-order chi connectivity index (χ0) is 20.1. The van der Waals surface area contributed by atoms with Crippen LogP contribution in [0, 0.1) is 0 Å². The molecule has 2 amide bonds. The number of hydrogen-bond acceptors (Lipinski definition) is 3. The number of rotatable bonds is 6. The van der Waals surface area contributed by atoms with Crippen molar-refractivity contribution in [1.29, 1.82) is 0 Å². The van der Waals surface area contributed by atoms with Gasteiger partial charge in [0, 0.05) is 12.3 Å². The van der Waals surface area contributed by atoms with Gasteiger partial charge in [-0.2, -0.15) is 0 Å². The zero-order valence-electron chi connectivity index (χ0n) is 16.1. The van der Waals surface area contributed by atoms with Crippen molar-refractivity contribution in [2.75, 3.05) is 6.61 Å². The number of imide groups is 1. The molecule has 1 fully saturated rings. The molecule has 29 heavy (non-hydrogen) atoms. The fraction of sp³-hybridized carbons (Fsp3) is 0.200. The number of carbonyl (C=O) groups is 2. The highest BCUT2D eigenvalue weighted by atomic mass is 16.6. The van der Waals surface area contributed by atoms with E-state index in [1.165, 1.54) is 4.90 Å². The smallest absolute Gasteiger partial charge is 0.416 e. The summed E-state index contributed by atoms with van der Waals surface area (Å²) < 4.78 is 5.23. The summed E-state index contributed by atoms with van der Waals surface area (Å²) in [5.74, 6) is -0.318. The molecule has 1 aliphatic rings. The molecule has 0 N–H and O–H groups in total. The highest BCUT2D eigenvalue weighted by molar-refractivity contribution is 5.94. The lowest BCUT2D eigenvalue weighted by molar-refractivity contribution is -0.129. The number of carbonyl (C=O) groups excluding carboxylic acids is 2. The second-order valence-electron chi connectivity index (χ2n) is 7.26. The van der Waals surface area contributed by atoms with Gasteiger partial charge in [-0.05, 0) is 23.1 Å². The average molecular weight is 385 g/mol. The van der Waals surface area contributed by atoms with Crippen molar-refractivity contribution >= 4 is 12.0 Å². The summed E-state index contributed by atoms with van der Waals surface area (Å²) in [5, 5.41) is 0. The lowest BCUT2D eigenvalue weighted by Crippen LogP contribution is -2.40. The van der Waals surface area contributed by atoms with E-state index in [1.807, 2.05) is 91.0 Å². The molecule has 1 heterocycles. The first-order chi connectivity index (χ1) is 14.2. The van der Waals surface area contributed by atoms with Gasteiger partial charge in [-0.3, -0.25) is 4.79 Å². The van der Waals surface area contributed by atoms with Gasteiger partial charge >= 0.3 is 6.09 Å². The van der Waals surface area contributed by atoms with Gasteiger partial charge in [-0.1, -0.05) is 91.0 Å². The largest absolute Gasteiger partial charge is 0.447 e. The molecule has 0 aromatic heterocycles. The second-order valence-corrected chi connectivity index (χ2v) is 7.26. The highest BCUT2D eigenvalue weighted by Crippen LogP contribution is 2.30. The van der Waals surface area contributed by atoms with Crippen molar-refractivity contribution < 1.29 is 14.3 Å². The minimum absolute atomic E-state index is 0.115. The predicted octanol–water partition coefficient (Wildman–Crippen LogP) is 4.80. The van der Waals surface area contributed by atoms with E-state index in [4.69, 9.17) is 4.74 Å². The number of hydrogen-bond donors (Lipinski definition) is 0. The Hall–Kier alpha value is -3.40. The molecule has 0 bridgehead atoms. The molecule has 1 saturated heterocycles. The van der Waals surface area contributed by atoms with Gasteiger partial charge in [0.15, 0.2) is 0 Å². The van der Waals surface area contributed by atoms with Crippen LogP contribution in [0.3, 0.4) is 0 Å². The first kappa shape index (κ1) is 18.9. The third-order valence-electron chi connectivity index (χ3n) is 5.33. The average Bonchev–Trinajstić information content (AvgIpc) is 3.14. The number of amides is 2. The van der Waals surface area contributed by atoms with Crippen LogP contribution in [0.25, 0.3) is 0 Å². The summed E-state index contributed by atoms with van der Waals surface area (Å²) in [6.45, 7) is 0.237. The lowest BCUT2D eigenvalue weighted by atomic mass is 9.88. The summed E-state index contributed by atoms with van der Waals surface area (Å²) in [7, 11) is 0. The highest BCUT2D eigenvalue weighted by Gasteiger charge is 2.38. The maximum atomic E-state index is 13.2. The molecule has 4 nitrogen and oxygen atoms in total. The first-order valence-electron chi connectivity index (χ1n) is 9.85. The van der Waals surface area contributed by atoms with Crippen LogP contribution in [0.15, 0.2) is 91.0 Å². The Morgan fingerprint density at radius 1 is 0.862 bits per heavy atom. The van der Waals surface area contributed by atoms with Gasteiger partial charge in [0.1, 0.15) is 6.61 Å². The van der Waals surface area contributed by atoms with E-state index in [1.54, 1.807) is 0 Å². The van der Waals surface area contributed by atoms with E-state index >= 15 is 0 Å². The standard InChI is InChI=1S/C25H23NO3/c27-24(26-22(18-29-25(26)28)16-19-10-4-1-5-11-19)17-23(20-12-6-2-7-13-20)21-14-8-3-9-15-21/h1-15,22-23H,16-18H2. The summed E-state index contributed by atoms with van der Waals surface area (Å²) in [6, 6.07) is 29.5. The van der Waals surface area contributed by atoms with Crippen molar-refractivity contribution in [3.8, 4) is 0 Å². The normalized spacial score (nSPS) is 16.1. The first-order valence-corrected chi connectivity index (χ1v) is 9.85. The van der Waals surface area contributed by atoms with Crippen molar-refractivity contribution in [2.45, 2.75) is 24.8 Å². The maximum absolute atomic E-state index is 13.2. The number of cyclic esters (lactones) is 1. The van der Waals surface area contributed by atoms with E-state index in [0.717, 1.165) is 16.7 Å². The molecule has 1 atom stereocenters. The second kappa shape index (κ2) is 8.74. The Bertz CT molecular complexity index is 918. The summed E-state index contributed by atoms with van der Waals surface area (Å²) in [5.41, 5.74) is 3.19. The zero-order valence-corrected chi connectivity index (χ0v) is 16.1. The Morgan fingerprint density at radius 2 is 1.38 bits per heavy atom. The van der Waals surface area contributed by atoms with E-state index in [9.17, 15) is 9.59 Å². The topological polar surface area (TPSA) is 46.6 Å². The molecule has 0 saturated carbocycles. The van der Waals surface area contributed by atoms with Crippen LogP contribution in [0.1, 0.15) is 29.0 Å². The predicted molar refractivity (Wildman–Crippen MR) is 111 cm³/mol. The van der Waals surface area contributed by atoms with Crippen LogP contribution in [-0.4, -0.2) is 29.5 Å². The van der Waals surface area contributed by atoms with Gasteiger partial charge in [0.05, 0.1) is 6.04 Å². The molecule has 4 rings (SSSR count). The van der Waals surface area contributed by atoms with Gasteiger partial charge in [0.25, 0.3) is 0 Å². The minimum Gasteiger partial charge on any atom is -0.447 e. The van der Waals surface area contributed by atoms with Gasteiger partial charge in [0.2, 0.25) is 5.91 Å². The molecular formula is C25H23NO3. The summed E-state index contributed by atoms with van der Waals surface area (Å²) in [4.78, 5) is 26.9. The maximum Gasteiger partial charge on any atom is 0.416 e. The van der Waals surface area contributed by atoms with Crippen LogP contribution in [0.5, 0.6) is 0 Å². The number of benzene rings is 3. The minimum atomic E-state index is -0.546. The summed E-state index contributed by atoms with van der Waals surface area (Å²) >= 11 is 0. The molecule has 0 radical (unpaired) electrons. The quantitative estimate of drug-likeness (QED) is 0.612. The molecule has 146 valence electrons. The third-order valence-corrected chi connectivity index (χ3v) is 5.33. The van der Waals surface area contributed by atoms with Crippen molar-refractivity contribution in [3.05, 3.63) is 108 Å². The van der Waals surface area contributed by atoms with Crippen molar-refractivity contribution in [3.63, 3.8) is 0 Å². The van der Waals surface area contributed by atoms with E-state index in [2.05, 4.69) is 0 Å². The van der Waals surface area contributed by atoms with Crippen LogP contribution in [0.2, 0.25) is 0 Å². The molecule has 0 aliphatic carbocycles. The van der Waals surface area contributed by atoms with Crippen molar-refractivity contribution in [2.24, 2.45) is 0 Å². The number of nitrogens with zero attached hydrogens (tertiary/aromatic N) is 1. The monoisotopic (exact) mass is 385 g/mol. The van der Waals surface area contributed by atoms with Crippen molar-refractivity contribution in [1.82, 2.24) is 4.90 Å². The Morgan fingerprint density at radius 3 is 1.93 bits per heavy atom. The molecule has 0 spiro atoms. The molecule has 3 aromatic rings. The molecular weight excluding hydrogens is 362 g/mol. The van der Waals surface area contributed by atoms with Crippen LogP contribution in [-0.2, 0) is 16.0 Å². The summed E-state index contributed by atoms with van der Waals surface area (Å²) in [6.07, 6.45) is 0.268. The van der Waals surface area contributed by atoms with Crippen LogP contribution in [0.4, 0.5) is 4.79 Å². The van der Waals surface area contributed by atoms with E-state index < -0.39 is 6.09 Å². The lowest BCUT2D eigenvalue weighted by Gasteiger charge is -2.23. The molecule has 3 aromatic carbocycles. The number of ether oxygens (including phenoxy) is 1. The molecule has 1 aliphatic heterocycles.